The minimum absolute atomic E-state index is 0.0421. The van der Waals surface area contributed by atoms with Crippen molar-refractivity contribution in [3.8, 4) is 0 Å². The van der Waals surface area contributed by atoms with Crippen LogP contribution in [0.3, 0.4) is 0 Å². The topological polar surface area (TPSA) is 37.3 Å². The number of halogens is 3. The van der Waals surface area contributed by atoms with Crippen molar-refractivity contribution in [1.82, 2.24) is 0 Å². The number of hydrogen-bond acceptors (Lipinski definition) is 1. The van der Waals surface area contributed by atoms with Gasteiger partial charge in [0.05, 0.1) is 5.56 Å². The van der Waals surface area contributed by atoms with E-state index < -0.39 is 11.9 Å². The van der Waals surface area contributed by atoms with Crippen LogP contribution in [0.5, 0.6) is 0 Å². The number of carboxylic acids is 1. The van der Waals surface area contributed by atoms with Crippen molar-refractivity contribution in [3.63, 3.8) is 0 Å². The zero-order valence-electron chi connectivity index (χ0n) is 9.61. The lowest BCUT2D eigenvalue weighted by atomic mass is 9.99. The zero-order valence-corrected chi connectivity index (χ0v) is 11.2. The maximum absolute atomic E-state index is 14.3. The van der Waals surface area contributed by atoms with Gasteiger partial charge in [-0.2, -0.15) is 8.78 Å². The summed E-state index contributed by atoms with van der Waals surface area (Å²) >= 11 is 3.01. The lowest BCUT2D eigenvalue weighted by molar-refractivity contribution is 0.0419. The average Bonchev–Trinajstić information content (AvgIpc) is 2.39. The van der Waals surface area contributed by atoms with Gasteiger partial charge in [0.15, 0.2) is 0 Å². The first kappa shape index (κ1) is 13.7. The highest BCUT2D eigenvalue weighted by Gasteiger charge is 2.35. The molecule has 0 aliphatic carbocycles. The minimum Gasteiger partial charge on any atom is -0.478 e. The molecule has 0 atom stereocenters. The Balaban J connectivity index is 2.50. The zero-order chi connectivity index (χ0) is 14.0. The summed E-state index contributed by atoms with van der Waals surface area (Å²) in [5.41, 5.74) is -0.443. The van der Waals surface area contributed by atoms with Crippen molar-refractivity contribution in [2.24, 2.45) is 0 Å². The van der Waals surface area contributed by atoms with Gasteiger partial charge in [0.1, 0.15) is 0 Å². The van der Waals surface area contributed by atoms with Gasteiger partial charge in [0.25, 0.3) is 5.92 Å². The second-order valence-corrected chi connectivity index (χ2v) is 4.79. The Labute approximate surface area is 116 Å². The molecule has 0 spiro atoms. The van der Waals surface area contributed by atoms with E-state index in [1.54, 1.807) is 6.07 Å². The molecule has 0 saturated heterocycles. The van der Waals surface area contributed by atoms with Crippen LogP contribution in [0.2, 0.25) is 0 Å². The second kappa shape index (κ2) is 5.09. The molecule has 0 aliphatic heterocycles. The van der Waals surface area contributed by atoms with Crippen LogP contribution in [0.25, 0.3) is 0 Å². The standard InChI is InChI=1S/C14H9BrF2O2/c15-12-8-9(13(18)19)6-7-11(12)14(16,17)10-4-2-1-3-5-10/h1-8H,(H,18,19). The summed E-state index contributed by atoms with van der Waals surface area (Å²) < 4.78 is 28.7. The Kier molecular flexibility index (Phi) is 3.66. The highest BCUT2D eigenvalue weighted by molar-refractivity contribution is 9.10. The van der Waals surface area contributed by atoms with Crippen molar-refractivity contribution in [1.29, 1.82) is 0 Å². The van der Waals surface area contributed by atoms with Gasteiger partial charge in [0.2, 0.25) is 0 Å². The van der Waals surface area contributed by atoms with E-state index in [0.29, 0.717) is 0 Å². The van der Waals surface area contributed by atoms with Crippen molar-refractivity contribution in [3.05, 3.63) is 69.7 Å². The molecule has 0 saturated carbocycles. The van der Waals surface area contributed by atoms with E-state index in [1.807, 2.05) is 0 Å². The third kappa shape index (κ3) is 2.66. The summed E-state index contributed by atoms with van der Waals surface area (Å²) in [6.07, 6.45) is 0. The molecule has 1 N–H and O–H groups in total. The number of rotatable bonds is 3. The van der Waals surface area contributed by atoms with Crippen LogP contribution in [-0.2, 0) is 5.92 Å². The summed E-state index contributed by atoms with van der Waals surface area (Å²) in [5, 5.41) is 8.81. The van der Waals surface area contributed by atoms with Crippen LogP contribution < -0.4 is 0 Å². The molecular weight excluding hydrogens is 318 g/mol. The summed E-state index contributed by atoms with van der Waals surface area (Å²) in [6, 6.07) is 10.8. The number of aromatic carboxylic acids is 1. The maximum Gasteiger partial charge on any atom is 0.335 e. The summed E-state index contributed by atoms with van der Waals surface area (Å²) in [7, 11) is 0. The predicted octanol–water partition coefficient (Wildman–Crippen LogP) is 4.29. The molecule has 19 heavy (non-hydrogen) atoms. The molecule has 0 bridgehead atoms. The molecule has 5 heteroatoms. The molecule has 0 amide bonds. The Hall–Kier alpha value is -1.75. The van der Waals surface area contributed by atoms with E-state index in [-0.39, 0.29) is 21.2 Å². The smallest absolute Gasteiger partial charge is 0.335 e. The van der Waals surface area contributed by atoms with Gasteiger partial charge < -0.3 is 5.11 Å². The molecule has 0 aromatic heterocycles. The molecule has 2 nitrogen and oxygen atoms in total. The number of alkyl halides is 2. The molecule has 0 unspecified atom stereocenters. The monoisotopic (exact) mass is 326 g/mol. The lowest BCUT2D eigenvalue weighted by Crippen LogP contribution is -2.16. The second-order valence-electron chi connectivity index (χ2n) is 3.94. The number of carboxylic acid groups (broad SMARTS) is 1. The van der Waals surface area contributed by atoms with Gasteiger partial charge in [0, 0.05) is 15.6 Å². The van der Waals surface area contributed by atoms with Crippen LogP contribution >= 0.6 is 15.9 Å². The van der Waals surface area contributed by atoms with E-state index in [2.05, 4.69) is 15.9 Å². The van der Waals surface area contributed by atoms with E-state index in [1.165, 1.54) is 36.4 Å². The molecule has 2 aromatic rings. The van der Waals surface area contributed by atoms with Crippen molar-refractivity contribution in [2.45, 2.75) is 5.92 Å². The van der Waals surface area contributed by atoms with Gasteiger partial charge in [-0.25, -0.2) is 4.79 Å². The fraction of sp³-hybridized carbons (Fsp3) is 0.0714. The maximum atomic E-state index is 14.3. The fourth-order valence-corrected chi connectivity index (χ4v) is 2.33. The first-order valence-corrected chi connectivity index (χ1v) is 6.19. The summed E-state index contributed by atoms with van der Waals surface area (Å²) in [6.45, 7) is 0. The van der Waals surface area contributed by atoms with Gasteiger partial charge in [-0.05, 0) is 12.1 Å². The van der Waals surface area contributed by atoms with Gasteiger partial charge in [-0.15, -0.1) is 0 Å². The molecule has 2 rings (SSSR count). The van der Waals surface area contributed by atoms with E-state index in [0.717, 1.165) is 6.07 Å². The van der Waals surface area contributed by atoms with E-state index >= 15 is 0 Å². The first-order chi connectivity index (χ1) is 8.93. The SMILES string of the molecule is O=C(O)c1ccc(C(F)(F)c2ccccc2)c(Br)c1. The van der Waals surface area contributed by atoms with Gasteiger partial charge in [-0.1, -0.05) is 52.3 Å². The van der Waals surface area contributed by atoms with E-state index in [9.17, 15) is 13.6 Å². The molecule has 0 radical (unpaired) electrons. The predicted molar refractivity (Wildman–Crippen MR) is 70.5 cm³/mol. The molecular formula is C14H9BrF2O2. The molecule has 0 fully saturated rings. The Morgan fingerprint density at radius 3 is 2.26 bits per heavy atom. The van der Waals surface area contributed by atoms with Crippen LogP contribution in [0, 0.1) is 0 Å². The quantitative estimate of drug-likeness (QED) is 0.913. The Morgan fingerprint density at radius 2 is 1.74 bits per heavy atom. The Morgan fingerprint density at radius 1 is 1.11 bits per heavy atom. The first-order valence-electron chi connectivity index (χ1n) is 5.39. The highest BCUT2D eigenvalue weighted by Crippen LogP contribution is 2.39. The summed E-state index contributed by atoms with van der Waals surface area (Å²) in [5.74, 6) is -4.34. The minimum atomic E-state index is -3.18. The van der Waals surface area contributed by atoms with Crippen LogP contribution in [0.15, 0.2) is 53.0 Å². The third-order valence-electron chi connectivity index (χ3n) is 2.69. The number of carbonyl (C=O) groups is 1. The largest absolute Gasteiger partial charge is 0.478 e. The van der Waals surface area contributed by atoms with Crippen LogP contribution in [0.4, 0.5) is 8.78 Å². The Bertz CT molecular complexity index is 612. The van der Waals surface area contributed by atoms with Crippen molar-refractivity contribution in [2.75, 3.05) is 0 Å². The van der Waals surface area contributed by atoms with Crippen LogP contribution in [0.1, 0.15) is 21.5 Å². The van der Waals surface area contributed by atoms with Crippen LogP contribution in [-0.4, -0.2) is 11.1 Å². The van der Waals surface area contributed by atoms with Crippen molar-refractivity contribution < 1.29 is 18.7 Å². The van der Waals surface area contributed by atoms with E-state index in [4.69, 9.17) is 5.11 Å². The van der Waals surface area contributed by atoms with Crippen molar-refractivity contribution >= 4 is 21.9 Å². The lowest BCUT2D eigenvalue weighted by Gasteiger charge is -2.18. The number of benzene rings is 2. The fourth-order valence-electron chi connectivity index (χ4n) is 1.71. The van der Waals surface area contributed by atoms with Gasteiger partial charge >= 0.3 is 5.97 Å². The van der Waals surface area contributed by atoms with Gasteiger partial charge in [-0.3, -0.25) is 0 Å². The average molecular weight is 327 g/mol. The molecule has 0 aliphatic rings. The third-order valence-corrected chi connectivity index (χ3v) is 3.35. The highest BCUT2D eigenvalue weighted by atomic mass is 79.9. The summed E-state index contributed by atoms with van der Waals surface area (Å²) in [4.78, 5) is 10.8. The normalized spacial score (nSPS) is 11.3. The molecule has 2 aromatic carbocycles. The number of hydrogen-bond donors (Lipinski definition) is 1. The molecule has 0 heterocycles. The molecule has 98 valence electrons.